The summed E-state index contributed by atoms with van der Waals surface area (Å²) in [5.41, 5.74) is 2.13. The van der Waals surface area contributed by atoms with Gasteiger partial charge in [-0.3, -0.25) is 0 Å². The van der Waals surface area contributed by atoms with Crippen molar-refractivity contribution in [2.75, 3.05) is 25.6 Å². The number of hydrogen-bond acceptors (Lipinski definition) is 6. The number of nitrogens with zero attached hydrogens (tertiary/aromatic N) is 3. The molecule has 1 aliphatic rings. The molecule has 0 spiro atoms. The number of anilines is 1. The molecule has 1 aromatic carbocycles. The van der Waals surface area contributed by atoms with E-state index in [2.05, 4.69) is 26.3 Å². The number of hydrogen-bond donors (Lipinski definition) is 1. The summed E-state index contributed by atoms with van der Waals surface area (Å²) in [6.07, 6.45) is 0.922. The van der Waals surface area contributed by atoms with Gasteiger partial charge in [0.05, 0.1) is 13.7 Å². The fourth-order valence-electron chi connectivity index (χ4n) is 2.14. The van der Waals surface area contributed by atoms with Crippen LogP contribution in [-0.4, -0.2) is 35.2 Å². The zero-order valence-corrected chi connectivity index (χ0v) is 11.5. The van der Waals surface area contributed by atoms with E-state index in [1.54, 1.807) is 7.11 Å². The van der Waals surface area contributed by atoms with Gasteiger partial charge in [0.2, 0.25) is 5.95 Å². The van der Waals surface area contributed by atoms with Gasteiger partial charge in [-0.25, -0.2) is 0 Å². The first kappa shape index (κ1) is 12.7. The lowest BCUT2D eigenvalue weighted by Gasteiger charge is -2.07. The van der Waals surface area contributed by atoms with E-state index in [4.69, 9.17) is 9.47 Å². The number of rotatable bonds is 4. The first-order valence-electron chi connectivity index (χ1n) is 6.60. The zero-order chi connectivity index (χ0) is 13.9. The smallest absolute Gasteiger partial charge is 0.321 e. The van der Waals surface area contributed by atoms with Crippen LogP contribution in [0.1, 0.15) is 12.5 Å². The maximum absolute atomic E-state index is 5.51. The second-order valence-corrected chi connectivity index (χ2v) is 4.42. The van der Waals surface area contributed by atoms with E-state index >= 15 is 0 Å². The van der Waals surface area contributed by atoms with Gasteiger partial charge in [-0.15, -0.1) is 0 Å². The van der Waals surface area contributed by atoms with Gasteiger partial charge in [0.25, 0.3) is 0 Å². The Labute approximate surface area is 117 Å². The van der Waals surface area contributed by atoms with E-state index in [0.717, 1.165) is 30.9 Å². The number of ether oxygens (including phenoxy) is 2. The molecule has 1 aliphatic heterocycles. The molecule has 0 saturated heterocycles. The van der Waals surface area contributed by atoms with Crippen molar-refractivity contribution in [3.8, 4) is 23.1 Å². The van der Waals surface area contributed by atoms with Crippen molar-refractivity contribution >= 4 is 5.95 Å². The molecule has 0 fully saturated rings. The summed E-state index contributed by atoms with van der Waals surface area (Å²) in [7, 11) is 1.55. The highest BCUT2D eigenvalue weighted by Gasteiger charge is 2.15. The topological polar surface area (TPSA) is 69.2 Å². The number of aromatic nitrogens is 3. The summed E-state index contributed by atoms with van der Waals surface area (Å²) in [4.78, 5) is 12.9. The van der Waals surface area contributed by atoms with Crippen LogP contribution < -0.4 is 14.8 Å². The van der Waals surface area contributed by atoms with Crippen LogP contribution in [0.4, 0.5) is 5.95 Å². The lowest BCUT2D eigenvalue weighted by molar-refractivity contribution is 0.357. The molecule has 0 bridgehead atoms. The summed E-state index contributed by atoms with van der Waals surface area (Å²) < 4.78 is 10.6. The van der Waals surface area contributed by atoms with Gasteiger partial charge in [0.15, 0.2) is 5.82 Å². The molecule has 1 aromatic heterocycles. The summed E-state index contributed by atoms with van der Waals surface area (Å²) in [5, 5.41) is 3.08. The Morgan fingerprint density at radius 3 is 3.00 bits per heavy atom. The average Bonchev–Trinajstić information content (AvgIpc) is 2.94. The van der Waals surface area contributed by atoms with Gasteiger partial charge in [0.1, 0.15) is 5.75 Å². The Bertz CT molecular complexity index is 631. The number of methoxy groups -OCH3 is 1. The number of benzene rings is 1. The molecule has 6 nitrogen and oxygen atoms in total. The van der Waals surface area contributed by atoms with Gasteiger partial charge in [0, 0.05) is 18.5 Å². The van der Waals surface area contributed by atoms with Gasteiger partial charge < -0.3 is 14.8 Å². The van der Waals surface area contributed by atoms with Crippen LogP contribution in [0, 0.1) is 0 Å². The molecule has 0 amide bonds. The Balaban J connectivity index is 2.02. The molecule has 0 aliphatic carbocycles. The van der Waals surface area contributed by atoms with Crippen LogP contribution >= 0.6 is 0 Å². The Morgan fingerprint density at radius 1 is 1.30 bits per heavy atom. The first-order valence-corrected chi connectivity index (χ1v) is 6.60. The molecule has 0 radical (unpaired) electrons. The maximum Gasteiger partial charge on any atom is 0.321 e. The minimum Gasteiger partial charge on any atom is -0.493 e. The largest absolute Gasteiger partial charge is 0.493 e. The second kappa shape index (κ2) is 5.32. The lowest BCUT2D eigenvalue weighted by atomic mass is 10.1. The van der Waals surface area contributed by atoms with E-state index in [9.17, 15) is 0 Å². The summed E-state index contributed by atoms with van der Waals surface area (Å²) >= 11 is 0. The quantitative estimate of drug-likeness (QED) is 0.917. The van der Waals surface area contributed by atoms with Crippen LogP contribution in [0.5, 0.6) is 11.8 Å². The van der Waals surface area contributed by atoms with Crippen molar-refractivity contribution in [3.05, 3.63) is 23.8 Å². The van der Waals surface area contributed by atoms with Crippen molar-refractivity contribution in [2.24, 2.45) is 0 Å². The van der Waals surface area contributed by atoms with Crippen LogP contribution in [0.3, 0.4) is 0 Å². The van der Waals surface area contributed by atoms with Gasteiger partial charge >= 0.3 is 6.01 Å². The fraction of sp³-hybridized carbons (Fsp3) is 0.357. The molecule has 2 heterocycles. The normalized spacial score (nSPS) is 12.7. The highest BCUT2D eigenvalue weighted by Crippen LogP contribution is 2.29. The molecule has 6 heteroatoms. The first-order chi connectivity index (χ1) is 9.80. The van der Waals surface area contributed by atoms with E-state index in [1.165, 1.54) is 5.56 Å². The molecular formula is C14H16N4O2. The third-order valence-corrected chi connectivity index (χ3v) is 3.08. The molecule has 0 saturated carbocycles. The molecule has 20 heavy (non-hydrogen) atoms. The van der Waals surface area contributed by atoms with E-state index in [-0.39, 0.29) is 0 Å². The Kier molecular flexibility index (Phi) is 3.37. The van der Waals surface area contributed by atoms with Crippen LogP contribution in [0.25, 0.3) is 11.4 Å². The van der Waals surface area contributed by atoms with Crippen molar-refractivity contribution in [1.29, 1.82) is 0 Å². The van der Waals surface area contributed by atoms with Crippen molar-refractivity contribution in [2.45, 2.75) is 13.3 Å². The van der Waals surface area contributed by atoms with Gasteiger partial charge in [-0.05, 0) is 30.7 Å². The summed E-state index contributed by atoms with van der Waals surface area (Å²) in [6.45, 7) is 3.47. The van der Waals surface area contributed by atoms with Crippen molar-refractivity contribution < 1.29 is 9.47 Å². The van der Waals surface area contributed by atoms with E-state index in [1.807, 2.05) is 19.1 Å². The molecule has 0 unspecified atom stereocenters. The Hall–Kier alpha value is -2.37. The highest BCUT2D eigenvalue weighted by molar-refractivity contribution is 5.60. The second-order valence-electron chi connectivity index (χ2n) is 4.42. The third kappa shape index (κ3) is 2.36. The van der Waals surface area contributed by atoms with Crippen LogP contribution in [0.2, 0.25) is 0 Å². The van der Waals surface area contributed by atoms with Crippen molar-refractivity contribution in [3.63, 3.8) is 0 Å². The zero-order valence-electron chi connectivity index (χ0n) is 11.5. The summed E-state index contributed by atoms with van der Waals surface area (Å²) in [5.74, 6) is 2.07. The third-order valence-electron chi connectivity index (χ3n) is 3.08. The van der Waals surface area contributed by atoms with E-state index in [0.29, 0.717) is 17.8 Å². The SMILES string of the molecule is CCNc1nc(OC)nc(-c2ccc3c(c2)CCO3)n1. The Morgan fingerprint density at radius 2 is 2.20 bits per heavy atom. The highest BCUT2D eigenvalue weighted by atomic mass is 16.5. The van der Waals surface area contributed by atoms with E-state index < -0.39 is 0 Å². The minimum atomic E-state index is 0.308. The number of nitrogens with one attached hydrogen (secondary N) is 1. The fourth-order valence-corrected chi connectivity index (χ4v) is 2.14. The minimum absolute atomic E-state index is 0.308. The molecule has 3 rings (SSSR count). The monoisotopic (exact) mass is 272 g/mol. The van der Waals surface area contributed by atoms with Crippen LogP contribution in [0.15, 0.2) is 18.2 Å². The van der Waals surface area contributed by atoms with Gasteiger partial charge in [-0.1, -0.05) is 0 Å². The lowest BCUT2D eigenvalue weighted by Crippen LogP contribution is -2.06. The summed E-state index contributed by atoms with van der Waals surface area (Å²) in [6, 6.07) is 6.28. The van der Waals surface area contributed by atoms with Gasteiger partial charge in [-0.2, -0.15) is 15.0 Å². The maximum atomic E-state index is 5.51. The molecule has 0 atom stereocenters. The van der Waals surface area contributed by atoms with Crippen molar-refractivity contribution in [1.82, 2.24) is 15.0 Å². The molecular weight excluding hydrogens is 256 g/mol. The van der Waals surface area contributed by atoms with Crippen LogP contribution in [-0.2, 0) is 6.42 Å². The molecule has 1 N–H and O–H groups in total. The average molecular weight is 272 g/mol. The molecule has 104 valence electrons. The standard InChI is InChI=1S/C14H16N4O2/c1-3-15-13-16-12(17-14(18-13)19-2)10-4-5-11-9(8-10)6-7-20-11/h4-5,8H,3,6-7H2,1-2H3,(H,15,16,17,18). The predicted octanol–water partition coefficient (Wildman–Crippen LogP) is 1.91. The molecule has 2 aromatic rings. The predicted molar refractivity (Wildman–Crippen MR) is 75.2 cm³/mol. The number of fused-ring (bicyclic) bond motifs is 1.